The van der Waals surface area contributed by atoms with E-state index in [2.05, 4.69) is 13.8 Å². The molecule has 1 atom stereocenters. The summed E-state index contributed by atoms with van der Waals surface area (Å²) in [5, 5.41) is 0.678. The van der Waals surface area contributed by atoms with E-state index in [-0.39, 0.29) is 11.7 Å². The van der Waals surface area contributed by atoms with E-state index in [1.54, 1.807) is 0 Å². The van der Waals surface area contributed by atoms with Gasteiger partial charge in [0.2, 0.25) is 0 Å². The van der Waals surface area contributed by atoms with Gasteiger partial charge in [-0.2, -0.15) is 0 Å². The van der Waals surface area contributed by atoms with Crippen LogP contribution in [-0.4, -0.2) is 5.78 Å². The molecule has 0 N–H and O–H groups in total. The molecule has 0 radical (unpaired) electrons. The van der Waals surface area contributed by atoms with E-state index >= 15 is 0 Å². The van der Waals surface area contributed by atoms with Crippen LogP contribution in [-0.2, 0) is 0 Å². The molecule has 0 amide bonds. The Morgan fingerprint density at radius 2 is 1.75 bits per heavy atom. The topological polar surface area (TPSA) is 17.1 Å². The van der Waals surface area contributed by atoms with E-state index < -0.39 is 0 Å². The van der Waals surface area contributed by atoms with Crippen LogP contribution in [0.15, 0.2) is 54.6 Å². The molecule has 0 aliphatic carbocycles. The highest BCUT2D eigenvalue weighted by molar-refractivity contribution is 6.30. The molecule has 2 aromatic carbocycles. The van der Waals surface area contributed by atoms with Crippen LogP contribution in [0.1, 0.15) is 42.1 Å². The minimum Gasteiger partial charge on any atom is -0.293 e. The Kier molecular flexibility index (Phi) is 4.97. The molecule has 0 fully saturated rings. The second kappa shape index (κ2) is 6.71. The number of carbonyl (C=O) groups excluding carboxylic acids is 1. The fourth-order valence-corrected chi connectivity index (χ4v) is 2.59. The van der Waals surface area contributed by atoms with Crippen molar-refractivity contribution >= 4 is 17.4 Å². The fourth-order valence-electron chi connectivity index (χ4n) is 2.39. The first-order valence-electron chi connectivity index (χ1n) is 6.92. The van der Waals surface area contributed by atoms with E-state index in [9.17, 15) is 4.79 Å². The summed E-state index contributed by atoms with van der Waals surface area (Å²) in [6, 6.07) is 17.1. The maximum Gasteiger partial charge on any atom is 0.170 e. The molecule has 0 heterocycles. The summed E-state index contributed by atoms with van der Waals surface area (Å²) < 4.78 is 0. The number of rotatable bonds is 5. The van der Waals surface area contributed by atoms with Crippen molar-refractivity contribution in [1.82, 2.24) is 0 Å². The van der Waals surface area contributed by atoms with Crippen LogP contribution in [0.5, 0.6) is 0 Å². The molecule has 0 spiro atoms. The van der Waals surface area contributed by atoms with Crippen molar-refractivity contribution in [3.05, 3.63) is 70.7 Å². The van der Waals surface area contributed by atoms with Crippen LogP contribution >= 0.6 is 11.6 Å². The molecule has 1 nitrogen and oxygen atoms in total. The van der Waals surface area contributed by atoms with Gasteiger partial charge in [-0.15, -0.1) is 0 Å². The third-order valence-corrected chi connectivity index (χ3v) is 3.57. The number of carbonyl (C=O) groups is 1. The molecule has 0 aliphatic rings. The van der Waals surface area contributed by atoms with Gasteiger partial charge in [0.1, 0.15) is 0 Å². The zero-order valence-corrected chi connectivity index (χ0v) is 12.6. The molecule has 0 aliphatic heterocycles. The Labute approximate surface area is 125 Å². The van der Waals surface area contributed by atoms with Gasteiger partial charge >= 0.3 is 0 Å². The molecule has 0 saturated carbocycles. The zero-order chi connectivity index (χ0) is 14.5. The SMILES string of the molecule is CC(C)CC(C(=O)c1ccccc1)c1cccc(Cl)c1. The monoisotopic (exact) mass is 286 g/mol. The van der Waals surface area contributed by atoms with Gasteiger partial charge in [0.15, 0.2) is 5.78 Å². The Hall–Kier alpha value is -1.60. The first-order chi connectivity index (χ1) is 9.58. The maximum atomic E-state index is 12.7. The molecule has 20 heavy (non-hydrogen) atoms. The highest BCUT2D eigenvalue weighted by Crippen LogP contribution is 2.29. The molecular weight excluding hydrogens is 268 g/mol. The summed E-state index contributed by atoms with van der Waals surface area (Å²) >= 11 is 6.06. The van der Waals surface area contributed by atoms with Crippen LogP contribution in [0.2, 0.25) is 5.02 Å². The van der Waals surface area contributed by atoms with Gasteiger partial charge in [0.05, 0.1) is 0 Å². The lowest BCUT2D eigenvalue weighted by Crippen LogP contribution is -2.15. The lowest BCUT2D eigenvalue weighted by molar-refractivity contribution is 0.0948. The molecule has 2 rings (SSSR count). The Balaban J connectivity index is 2.35. The Morgan fingerprint density at radius 3 is 2.35 bits per heavy atom. The quantitative estimate of drug-likeness (QED) is 0.677. The first-order valence-corrected chi connectivity index (χ1v) is 7.30. The van der Waals surface area contributed by atoms with Crippen molar-refractivity contribution in [2.45, 2.75) is 26.2 Å². The van der Waals surface area contributed by atoms with Gasteiger partial charge in [-0.3, -0.25) is 4.79 Å². The molecule has 1 unspecified atom stereocenters. The summed E-state index contributed by atoms with van der Waals surface area (Å²) in [6.07, 6.45) is 0.827. The lowest BCUT2D eigenvalue weighted by atomic mass is 9.84. The minimum absolute atomic E-state index is 0.129. The van der Waals surface area contributed by atoms with Crippen LogP contribution in [0.3, 0.4) is 0 Å². The van der Waals surface area contributed by atoms with Crippen LogP contribution < -0.4 is 0 Å². The van der Waals surface area contributed by atoms with E-state index in [4.69, 9.17) is 11.6 Å². The summed E-state index contributed by atoms with van der Waals surface area (Å²) in [4.78, 5) is 12.7. The molecule has 2 aromatic rings. The average Bonchev–Trinajstić information content (AvgIpc) is 2.45. The second-order valence-electron chi connectivity index (χ2n) is 5.47. The highest BCUT2D eigenvalue weighted by atomic mass is 35.5. The molecule has 0 saturated heterocycles. The van der Waals surface area contributed by atoms with Gasteiger partial charge in [-0.05, 0) is 30.0 Å². The predicted molar refractivity (Wildman–Crippen MR) is 84.4 cm³/mol. The van der Waals surface area contributed by atoms with Crippen molar-refractivity contribution < 1.29 is 4.79 Å². The molecular formula is C18H19ClO. The number of halogens is 1. The smallest absolute Gasteiger partial charge is 0.170 e. The van der Waals surface area contributed by atoms with Crippen molar-refractivity contribution in [2.75, 3.05) is 0 Å². The van der Waals surface area contributed by atoms with Gasteiger partial charge in [-0.25, -0.2) is 0 Å². The van der Waals surface area contributed by atoms with Crippen molar-refractivity contribution in [3.8, 4) is 0 Å². The molecule has 104 valence electrons. The summed E-state index contributed by atoms with van der Waals surface area (Å²) in [7, 11) is 0. The Bertz CT molecular complexity index is 575. The zero-order valence-electron chi connectivity index (χ0n) is 11.8. The minimum atomic E-state index is -0.129. The fraction of sp³-hybridized carbons (Fsp3) is 0.278. The van der Waals surface area contributed by atoms with Crippen LogP contribution in [0.25, 0.3) is 0 Å². The number of hydrogen-bond acceptors (Lipinski definition) is 1. The van der Waals surface area contributed by atoms with Gasteiger partial charge < -0.3 is 0 Å². The molecule has 0 bridgehead atoms. The van der Waals surface area contributed by atoms with E-state index in [0.29, 0.717) is 10.9 Å². The number of benzene rings is 2. The normalized spacial score (nSPS) is 12.4. The summed E-state index contributed by atoms with van der Waals surface area (Å²) in [5.41, 5.74) is 1.76. The predicted octanol–water partition coefficient (Wildman–Crippen LogP) is 5.35. The van der Waals surface area contributed by atoms with Gasteiger partial charge in [0, 0.05) is 16.5 Å². The molecule has 2 heteroatoms. The second-order valence-corrected chi connectivity index (χ2v) is 5.90. The van der Waals surface area contributed by atoms with Crippen LogP contribution in [0.4, 0.5) is 0 Å². The van der Waals surface area contributed by atoms with Gasteiger partial charge in [-0.1, -0.05) is 67.9 Å². The van der Waals surface area contributed by atoms with E-state index in [1.165, 1.54) is 0 Å². The lowest BCUT2D eigenvalue weighted by Gasteiger charge is -2.19. The standard InChI is InChI=1S/C18H19ClO/c1-13(2)11-17(15-9-6-10-16(19)12-15)18(20)14-7-4-3-5-8-14/h3-10,12-13,17H,11H2,1-2H3. The first kappa shape index (κ1) is 14.8. The van der Waals surface area contributed by atoms with Crippen molar-refractivity contribution in [1.29, 1.82) is 0 Å². The number of hydrogen-bond donors (Lipinski definition) is 0. The van der Waals surface area contributed by atoms with Crippen LogP contribution in [0, 0.1) is 5.92 Å². The van der Waals surface area contributed by atoms with Gasteiger partial charge in [0.25, 0.3) is 0 Å². The summed E-state index contributed by atoms with van der Waals surface area (Å²) in [5.74, 6) is 0.490. The van der Waals surface area contributed by atoms with Crippen molar-refractivity contribution in [2.24, 2.45) is 5.92 Å². The van der Waals surface area contributed by atoms with E-state index in [1.807, 2.05) is 54.6 Å². The third-order valence-electron chi connectivity index (χ3n) is 3.33. The number of ketones is 1. The largest absolute Gasteiger partial charge is 0.293 e. The Morgan fingerprint density at radius 1 is 1.05 bits per heavy atom. The van der Waals surface area contributed by atoms with Crippen molar-refractivity contribution in [3.63, 3.8) is 0 Å². The molecule has 0 aromatic heterocycles. The average molecular weight is 287 g/mol. The van der Waals surface area contributed by atoms with E-state index in [0.717, 1.165) is 17.5 Å². The maximum absolute atomic E-state index is 12.7. The highest BCUT2D eigenvalue weighted by Gasteiger charge is 2.23. The number of Topliss-reactive ketones (excluding diaryl/α,β-unsaturated/α-hetero) is 1. The summed E-state index contributed by atoms with van der Waals surface area (Å²) in [6.45, 7) is 4.27. The third kappa shape index (κ3) is 3.71.